The highest BCUT2D eigenvalue weighted by molar-refractivity contribution is 14.1. The van der Waals surface area contributed by atoms with Crippen LogP contribution >= 0.6 is 22.6 Å². The highest BCUT2D eigenvalue weighted by Crippen LogP contribution is 2.40. The number of morpholine rings is 1. The van der Waals surface area contributed by atoms with Crippen LogP contribution in [0.1, 0.15) is 64.0 Å². The molecule has 1 aliphatic carbocycles. The maximum absolute atomic E-state index is 5.99. The van der Waals surface area contributed by atoms with Gasteiger partial charge in [0.2, 0.25) is 0 Å². The Morgan fingerprint density at radius 2 is 1.79 bits per heavy atom. The van der Waals surface area contributed by atoms with E-state index >= 15 is 0 Å². The van der Waals surface area contributed by atoms with Gasteiger partial charge in [0.05, 0.1) is 42.5 Å². The monoisotopic (exact) mass is 647 g/mol. The average molecular weight is 648 g/mol. The smallest absolute Gasteiger partial charge is 0.177 e. The van der Waals surface area contributed by atoms with Crippen molar-refractivity contribution in [1.82, 2.24) is 24.5 Å². The summed E-state index contributed by atoms with van der Waals surface area (Å²) in [5.41, 5.74) is 2.07. The van der Waals surface area contributed by atoms with E-state index in [4.69, 9.17) is 29.4 Å². The first-order valence-electron chi connectivity index (χ1n) is 14.5. The summed E-state index contributed by atoms with van der Waals surface area (Å²) in [5, 5.41) is 11.0. The van der Waals surface area contributed by atoms with Crippen LogP contribution in [-0.2, 0) is 14.2 Å². The zero-order valence-electron chi connectivity index (χ0n) is 22.8. The molecule has 0 amide bonds. The second-order valence-electron chi connectivity index (χ2n) is 11.5. The fourth-order valence-electron chi connectivity index (χ4n) is 7.01. The first kappa shape index (κ1) is 26.0. The maximum Gasteiger partial charge on any atom is 0.177 e. The minimum atomic E-state index is -0.00943. The molecule has 0 radical (unpaired) electrons. The highest BCUT2D eigenvalue weighted by atomic mass is 127. The van der Waals surface area contributed by atoms with Crippen LogP contribution in [0.5, 0.6) is 0 Å². The van der Waals surface area contributed by atoms with Crippen LogP contribution in [0, 0.1) is 3.70 Å². The van der Waals surface area contributed by atoms with Gasteiger partial charge >= 0.3 is 0 Å². The number of rotatable bonds is 6. The van der Waals surface area contributed by atoms with Crippen molar-refractivity contribution in [2.24, 2.45) is 0 Å². The molecule has 2 bridgehead atoms. The minimum absolute atomic E-state index is 0.00943. The van der Waals surface area contributed by atoms with E-state index < -0.39 is 0 Å². The predicted octanol–water partition coefficient (Wildman–Crippen LogP) is 4.68. The van der Waals surface area contributed by atoms with E-state index in [2.05, 4.69) is 45.5 Å². The third kappa shape index (κ3) is 4.72. The highest BCUT2D eigenvalue weighted by Gasteiger charge is 2.39. The van der Waals surface area contributed by atoms with Crippen molar-refractivity contribution in [2.75, 3.05) is 43.8 Å². The van der Waals surface area contributed by atoms with Gasteiger partial charge in [-0.1, -0.05) is 0 Å². The molecule has 4 aliphatic rings. The molecule has 0 aromatic carbocycles. The first-order valence-corrected chi connectivity index (χ1v) is 15.6. The van der Waals surface area contributed by atoms with E-state index in [-0.39, 0.29) is 6.23 Å². The Morgan fingerprint density at radius 1 is 1.00 bits per heavy atom. The van der Waals surface area contributed by atoms with Crippen molar-refractivity contribution in [1.29, 1.82) is 0 Å². The molecule has 4 fully saturated rings. The zero-order valence-corrected chi connectivity index (χ0v) is 25.0. The van der Waals surface area contributed by atoms with Crippen LogP contribution in [0.3, 0.4) is 0 Å². The molecule has 10 nitrogen and oxygen atoms in total. The number of pyridine rings is 1. The molecule has 39 heavy (non-hydrogen) atoms. The minimum Gasteiger partial charge on any atom is -0.381 e. The Morgan fingerprint density at radius 3 is 2.51 bits per heavy atom. The molecular formula is C28H38IN7O3. The Kier molecular flexibility index (Phi) is 7.19. The van der Waals surface area contributed by atoms with E-state index in [1.165, 1.54) is 5.69 Å². The second kappa shape index (κ2) is 10.8. The van der Waals surface area contributed by atoms with Gasteiger partial charge in [-0.25, -0.2) is 9.67 Å². The standard InChI is InChI=1S/C28H38IN7O3/c1-33(18-8-10-21(37-2)11-9-18)22-15-24(35-19-6-7-20(35)17-38-16-19)30-28-26(22)27(29)32-36(28)23-12-13-34(31-23)25-5-3-4-14-39-25/h12-13,15,18-21,25H,3-11,14,16-17H2,1-2H3. The topological polar surface area (TPSA) is 82.7 Å². The molecule has 0 spiro atoms. The van der Waals surface area contributed by atoms with E-state index in [1.54, 1.807) is 0 Å². The number of nitrogens with zero attached hydrogens (tertiary/aromatic N) is 7. The Labute approximate surface area is 243 Å². The summed E-state index contributed by atoms with van der Waals surface area (Å²) < 4.78 is 22.4. The third-order valence-corrected chi connectivity index (χ3v) is 9.99. The van der Waals surface area contributed by atoms with Crippen LogP contribution in [0.4, 0.5) is 11.5 Å². The molecule has 6 heterocycles. The quantitative estimate of drug-likeness (QED) is 0.357. The number of ether oxygens (including phenoxy) is 3. The molecule has 3 aromatic rings. The summed E-state index contributed by atoms with van der Waals surface area (Å²) in [7, 11) is 4.08. The Balaban J connectivity index is 1.31. The average Bonchev–Trinajstić information content (AvgIpc) is 3.67. The number of aromatic nitrogens is 5. The molecule has 1 saturated carbocycles. The van der Waals surface area contributed by atoms with Gasteiger partial charge in [0, 0.05) is 45.1 Å². The number of fused-ring (bicyclic) bond motifs is 3. The lowest BCUT2D eigenvalue weighted by Gasteiger charge is -2.38. The number of methoxy groups -OCH3 is 1. The van der Waals surface area contributed by atoms with Gasteiger partial charge in [0.1, 0.15) is 15.7 Å². The van der Waals surface area contributed by atoms with E-state index in [0.29, 0.717) is 24.2 Å². The van der Waals surface area contributed by atoms with E-state index in [9.17, 15) is 0 Å². The summed E-state index contributed by atoms with van der Waals surface area (Å²) >= 11 is 2.37. The SMILES string of the molecule is COC1CCC(N(C)c2cc(N3C4CCC3COC4)nc3c2c(I)nn3-c2ccn(C3CCCCO3)n2)CC1. The summed E-state index contributed by atoms with van der Waals surface area (Å²) in [4.78, 5) is 10.3. The van der Waals surface area contributed by atoms with Crippen LogP contribution < -0.4 is 9.80 Å². The maximum atomic E-state index is 5.99. The van der Waals surface area contributed by atoms with Crippen molar-refractivity contribution in [3.63, 3.8) is 0 Å². The fourth-order valence-corrected chi connectivity index (χ4v) is 7.75. The molecule has 3 unspecified atom stereocenters. The molecule has 3 aliphatic heterocycles. The van der Waals surface area contributed by atoms with E-state index in [1.807, 2.05) is 28.7 Å². The van der Waals surface area contributed by atoms with Crippen LogP contribution in [0.2, 0.25) is 0 Å². The summed E-state index contributed by atoms with van der Waals surface area (Å²) in [6, 6.07) is 5.55. The van der Waals surface area contributed by atoms with E-state index in [0.717, 1.165) is 104 Å². The van der Waals surface area contributed by atoms with Crippen molar-refractivity contribution in [3.8, 4) is 5.82 Å². The lowest BCUT2D eigenvalue weighted by Crippen LogP contribution is -2.46. The molecule has 11 heteroatoms. The number of hydrogen-bond donors (Lipinski definition) is 0. The summed E-state index contributed by atoms with van der Waals surface area (Å²) in [6.45, 7) is 2.33. The predicted molar refractivity (Wildman–Crippen MR) is 158 cm³/mol. The Bertz CT molecular complexity index is 1300. The number of anilines is 2. The molecule has 0 N–H and O–H groups in total. The lowest BCUT2D eigenvalue weighted by atomic mass is 9.91. The van der Waals surface area contributed by atoms with Crippen LogP contribution in [-0.4, -0.2) is 82.8 Å². The summed E-state index contributed by atoms with van der Waals surface area (Å²) in [6.07, 6.45) is 12.4. The number of hydrogen-bond acceptors (Lipinski definition) is 8. The van der Waals surface area contributed by atoms with Crippen molar-refractivity contribution >= 4 is 45.1 Å². The van der Waals surface area contributed by atoms with Crippen molar-refractivity contribution < 1.29 is 14.2 Å². The molecule has 7 rings (SSSR count). The Hall–Kier alpha value is -1.96. The molecule has 210 valence electrons. The van der Waals surface area contributed by atoms with Gasteiger partial charge in [0.15, 0.2) is 11.5 Å². The van der Waals surface area contributed by atoms with Crippen LogP contribution in [0.25, 0.3) is 16.9 Å². The van der Waals surface area contributed by atoms with Gasteiger partial charge in [0.25, 0.3) is 0 Å². The molecule has 3 saturated heterocycles. The number of halogens is 1. The molecular weight excluding hydrogens is 609 g/mol. The van der Waals surface area contributed by atoms with Crippen molar-refractivity contribution in [3.05, 3.63) is 22.0 Å². The second-order valence-corrected chi connectivity index (χ2v) is 12.5. The van der Waals surface area contributed by atoms with Gasteiger partial charge < -0.3 is 24.0 Å². The zero-order chi connectivity index (χ0) is 26.5. The lowest BCUT2D eigenvalue weighted by molar-refractivity contribution is -0.0395. The normalized spacial score (nSPS) is 29.3. The van der Waals surface area contributed by atoms with Gasteiger partial charge in [-0.2, -0.15) is 14.9 Å². The van der Waals surface area contributed by atoms with Crippen molar-refractivity contribution in [2.45, 2.75) is 88.2 Å². The third-order valence-electron chi connectivity index (χ3n) is 9.23. The van der Waals surface area contributed by atoms with Gasteiger partial charge in [-0.15, -0.1) is 0 Å². The van der Waals surface area contributed by atoms with Crippen LogP contribution in [0.15, 0.2) is 18.3 Å². The fraction of sp³-hybridized carbons (Fsp3) is 0.679. The molecule has 3 aromatic heterocycles. The largest absolute Gasteiger partial charge is 0.381 e. The molecule has 3 atom stereocenters. The van der Waals surface area contributed by atoms with Gasteiger partial charge in [-0.05, 0) is 80.4 Å². The van der Waals surface area contributed by atoms with Gasteiger partial charge in [-0.3, -0.25) is 0 Å². The summed E-state index contributed by atoms with van der Waals surface area (Å²) in [5.74, 6) is 1.80. The first-order chi connectivity index (χ1) is 19.1.